The molecule has 1 aliphatic rings. The van der Waals surface area contributed by atoms with Gasteiger partial charge in [0.2, 0.25) is 11.8 Å². The SMILES string of the molecule is CC(=O)Nc1ccc(/C(C)=N\NC(=O)CCN2CCC(C)CC2)cc1. The molecule has 1 aromatic rings. The second-order valence-electron chi connectivity index (χ2n) is 6.76. The smallest absolute Gasteiger partial charge is 0.241 e. The Labute approximate surface area is 149 Å². The van der Waals surface area contributed by atoms with Crippen LogP contribution in [-0.2, 0) is 9.59 Å². The first-order valence-electron chi connectivity index (χ1n) is 8.87. The van der Waals surface area contributed by atoms with Gasteiger partial charge in [-0.25, -0.2) is 5.43 Å². The van der Waals surface area contributed by atoms with Gasteiger partial charge >= 0.3 is 0 Å². The van der Waals surface area contributed by atoms with Gasteiger partial charge in [0, 0.05) is 25.6 Å². The fourth-order valence-electron chi connectivity index (χ4n) is 2.81. The number of hydrazone groups is 1. The Kier molecular flexibility index (Phi) is 7.13. The Bertz CT molecular complexity index is 617. The van der Waals surface area contributed by atoms with Crippen LogP contribution < -0.4 is 10.7 Å². The van der Waals surface area contributed by atoms with Crippen molar-refractivity contribution in [3.63, 3.8) is 0 Å². The number of piperidine rings is 1. The van der Waals surface area contributed by atoms with Gasteiger partial charge in [0.1, 0.15) is 0 Å². The van der Waals surface area contributed by atoms with E-state index in [2.05, 4.69) is 27.7 Å². The molecular weight excluding hydrogens is 316 g/mol. The van der Waals surface area contributed by atoms with E-state index in [1.807, 2.05) is 31.2 Å². The number of rotatable bonds is 6. The standard InChI is InChI=1S/C19H28N4O2/c1-14-8-11-23(12-9-14)13-10-19(25)22-21-15(2)17-4-6-18(7-5-17)20-16(3)24/h4-7,14H,8-13H2,1-3H3,(H,20,24)(H,22,25)/b21-15-. The van der Waals surface area contributed by atoms with Crippen molar-refractivity contribution in [3.05, 3.63) is 29.8 Å². The van der Waals surface area contributed by atoms with Crippen LogP contribution in [0, 0.1) is 5.92 Å². The summed E-state index contributed by atoms with van der Waals surface area (Å²) in [6.45, 7) is 8.55. The Morgan fingerprint density at radius 2 is 1.80 bits per heavy atom. The summed E-state index contributed by atoms with van der Waals surface area (Å²) in [5.74, 6) is 0.635. The maximum Gasteiger partial charge on any atom is 0.241 e. The van der Waals surface area contributed by atoms with E-state index in [0.717, 1.165) is 42.5 Å². The van der Waals surface area contributed by atoms with E-state index in [0.29, 0.717) is 6.42 Å². The van der Waals surface area contributed by atoms with Crippen molar-refractivity contribution in [3.8, 4) is 0 Å². The van der Waals surface area contributed by atoms with Crippen molar-refractivity contribution in [1.29, 1.82) is 0 Å². The molecule has 6 nitrogen and oxygen atoms in total. The average Bonchev–Trinajstić information content (AvgIpc) is 2.59. The summed E-state index contributed by atoms with van der Waals surface area (Å²) in [6.07, 6.45) is 2.90. The second-order valence-corrected chi connectivity index (χ2v) is 6.76. The highest BCUT2D eigenvalue weighted by Crippen LogP contribution is 2.15. The van der Waals surface area contributed by atoms with Crippen LogP contribution in [0.15, 0.2) is 29.4 Å². The van der Waals surface area contributed by atoms with Crippen molar-refractivity contribution < 1.29 is 9.59 Å². The Hall–Kier alpha value is -2.21. The van der Waals surface area contributed by atoms with Gasteiger partial charge < -0.3 is 10.2 Å². The molecule has 0 bridgehead atoms. The lowest BCUT2D eigenvalue weighted by Gasteiger charge is -2.29. The van der Waals surface area contributed by atoms with E-state index in [1.165, 1.54) is 19.8 Å². The van der Waals surface area contributed by atoms with Crippen LogP contribution in [0.5, 0.6) is 0 Å². The monoisotopic (exact) mass is 344 g/mol. The van der Waals surface area contributed by atoms with Gasteiger partial charge in [0.15, 0.2) is 0 Å². The number of hydrogen-bond donors (Lipinski definition) is 2. The molecule has 0 aliphatic carbocycles. The third kappa shape index (κ3) is 6.66. The maximum absolute atomic E-state index is 12.0. The Morgan fingerprint density at radius 1 is 1.16 bits per heavy atom. The van der Waals surface area contributed by atoms with Crippen LogP contribution in [0.1, 0.15) is 45.6 Å². The van der Waals surface area contributed by atoms with Crippen LogP contribution in [0.25, 0.3) is 0 Å². The minimum Gasteiger partial charge on any atom is -0.326 e. The van der Waals surface area contributed by atoms with Crippen LogP contribution in [0.2, 0.25) is 0 Å². The molecule has 1 fully saturated rings. The molecule has 0 unspecified atom stereocenters. The summed E-state index contributed by atoms with van der Waals surface area (Å²) < 4.78 is 0. The average molecular weight is 344 g/mol. The zero-order chi connectivity index (χ0) is 18.2. The Morgan fingerprint density at radius 3 is 2.40 bits per heavy atom. The van der Waals surface area contributed by atoms with Gasteiger partial charge in [0.25, 0.3) is 0 Å². The number of anilines is 1. The normalized spacial score (nSPS) is 16.5. The van der Waals surface area contributed by atoms with Crippen LogP contribution in [0.3, 0.4) is 0 Å². The van der Waals surface area contributed by atoms with E-state index in [-0.39, 0.29) is 11.8 Å². The lowest BCUT2D eigenvalue weighted by molar-refractivity contribution is -0.121. The van der Waals surface area contributed by atoms with Crippen LogP contribution in [0.4, 0.5) is 5.69 Å². The summed E-state index contributed by atoms with van der Waals surface area (Å²) in [5, 5.41) is 6.89. The first-order valence-corrected chi connectivity index (χ1v) is 8.87. The number of hydrogen-bond acceptors (Lipinski definition) is 4. The molecule has 1 aliphatic heterocycles. The Balaban J connectivity index is 1.77. The minimum absolute atomic E-state index is 0.0622. The molecule has 6 heteroatoms. The predicted octanol–water partition coefficient (Wildman–Crippen LogP) is 2.61. The summed E-state index contributed by atoms with van der Waals surface area (Å²) in [6, 6.07) is 7.36. The fourth-order valence-corrected chi connectivity index (χ4v) is 2.81. The van der Waals surface area contributed by atoms with Gasteiger partial charge in [0.05, 0.1) is 5.71 Å². The molecule has 2 rings (SSSR count). The molecule has 1 aromatic carbocycles. The van der Waals surface area contributed by atoms with E-state index < -0.39 is 0 Å². The quantitative estimate of drug-likeness (QED) is 0.615. The molecule has 2 amide bonds. The van der Waals surface area contributed by atoms with Crippen LogP contribution in [-0.4, -0.2) is 42.1 Å². The molecule has 1 heterocycles. The molecule has 0 atom stereocenters. The lowest BCUT2D eigenvalue weighted by atomic mass is 9.99. The van der Waals surface area contributed by atoms with Crippen molar-refractivity contribution in [2.45, 2.75) is 40.0 Å². The van der Waals surface area contributed by atoms with E-state index >= 15 is 0 Å². The third-order valence-electron chi connectivity index (χ3n) is 4.50. The molecule has 25 heavy (non-hydrogen) atoms. The number of amides is 2. The molecule has 2 N–H and O–H groups in total. The molecular formula is C19H28N4O2. The highest BCUT2D eigenvalue weighted by atomic mass is 16.2. The number of carbonyl (C=O) groups excluding carboxylic acids is 2. The van der Waals surface area contributed by atoms with Crippen molar-refractivity contribution in [1.82, 2.24) is 10.3 Å². The number of nitrogens with one attached hydrogen (secondary N) is 2. The highest BCUT2D eigenvalue weighted by Gasteiger charge is 2.16. The van der Waals surface area contributed by atoms with Gasteiger partial charge in [-0.2, -0.15) is 5.10 Å². The first-order chi connectivity index (χ1) is 11.9. The van der Waals surface area contributed by atoms with Crippen molar-refractivity contribution in [2.24, 2.45) is 11.0 Å². The summed E-state index contributed by atoms with van der Waals surface area (Å²) in [4.78, 5) is 25.3. The number of nitrogens with zero attached hydrogens (tertiary/aromatic N) is 2. The maximum atomic E-state index is 12.0. The van der Waals surface area contributed by atoms with Gasteiger partial charge in [-0.05, 0) is 56.5 Å². The summed E-state index contributed by atoms with van der Waals surface area (Å²) >= 11 is 0. The van der Waals surface area contributed by atoms with Crippen LogP contribution >= 0.6 is 0 Å². The fraction of sp³-hybridized carbons (Fsp3) is 0.526. The zero-order valence-electron chi connectivity index (χ0n) is 15.3. The number of carbonyl (C=O) groups is 2. The highest BCUT2D eigenvalue weighted by molar-refractivity contribution is 5.99. The zero-order valence-corrected chi connectivity index (χ0v) is 15.3. The number of likely N-dealkylation sites (tertiary alicyclic amines) is 1. The second kappa shape index (κ2) is 9.32. The molecule has 1 saturated heterocycles. The first kappa shape index (κ1) is 19.1. The largest absolute Gasteiger partial charge is 0.326 e. The van der Waals surface area contributed by atoms with Gasteiger partial charge in [-0.15, -0.1) is 0 Å². The minimum atomic E-state index is -0.103. The van der Waals surface area contributed by atoms with E-state index in [4.69, 9.17) is 0 Å². The van der Waals surface area contributed by atoms with Crippen molar-refractivity contribution >= 4 is 23.2 Å². The van der Waals surface area contributed by atoms with Gasteiger partial charge in [-0.3, -0.25) is 9.59 Å². The van der Waals surface area contributed by atoms with E-state index in [9.17, 15) is 9.59 Å². The summed E-state index contributed by atoms with van der Waals surface area (Å²) in [5.41, 5.74) is 5.00. The predicted molar refractivity (Wildman–Crippen MR) is 101 cm³/mol. The molecule has 0 saturated carbocycles. The third-order valence-corrected chi connectivity index (χ3v) is 4.50. The molecule has 0 aromatic heterocycles. The van der Waals surface area contributed by atoms with E-state index in [1.54, 1.807) is 0 Å². The van der Waals surface area contributed by atoms with Crippen molar-refractivity contribution in [2.75, 3.05) is 25.0 Å². The molecule has 0 spiro atoms. The lowest BCUT2D eigenvalue weighted by Crippen LogP contribution is -2.35. The molecule has 136 valence electrons. The summed E-state index contributed by atoms with van der Waals surface area (Å²) in [7, 11) is 0. The number of benzene rings is 1. The molecule has 0 radical (unpaired) electrons. The topological polar surface area (TPSA) is 73.8 Å². The van der Waals surface area contributed by atoms with Gasteiger partial charge in [-0.1, -0.05) is 19.1 Å².